The molecule has 0 radical (unpaired) electrons. The maximum absolute atomic E-state index is 13.8. The highest BCUT2D eigenvalue weighted by molar-refractivity contribution is 7.88. The van der Waals surface area contributed by atoms with Crippen LogP contribution in [-0.4, -0.2) is 80.8 Å². The number of ether oxygens (including phenoxy) is 1. The number of carbonyl (C=O) groups excluding carboxylic acids is 2. The van der Waals surface area contributed by atoms with Gasteiger partial charge in [-0.2, -0.15) is 13.1 Å². The Morgan fingerprint density at radius 3 is 2.69 bits per heavy atom. The second-order valence-electron chi connectivity index (χ2n) is 14.6. The third-order valence-corrected chi connectivity index (χ3v) is 12.1. The Kier molecular flexibility index (Phi) is 10.1. The minimum absolute atomic E-state index is 0.0501. The third-order valence-electron chi connectivity index (χ3n) is 10.7. The van der Waals surface area contributed by atoms with Crippen LogP contribution in [0.4, 0.5) is 5.69 Å². The van der Waals surface area contributed by atoms with Gasteiger partial charge in [-0.25, -0.2) is 4.72 Å². The first-order valence-corrected chi connectivity index (χ1v) is 19.0. The van der Waals surface area contributed by atoms with Crippen molar-refractivity contribution in [2.45, 2.75) is 82.0 Å². The first-order valence-electron chi connectivity index (χ1n) is 17.2. The topological polar surface area (TPSA) is 149 Å². The molecule has 0 saturated heterocycles. The summed E-state index contributed by atoms with van der Waals surface area (Å²) in [6.45, 7) is 5.07. The van der Waals surface area contributed by atoms with Crippen molar-refractivity contribution in [2.75, 3.05) is 38.2 Å². The van der Waals surface area contributed by atoms with E-state index in [2.05, 4.69) is 15.7 Å². The Morgan fingerprint density at radius 1 is 1.16 bits per heavy atom. The minimum Gasteiger partial charge on any atom is -0.490 e. The van der Waals surface area contributed by atoms with E-state index in [1.54, 1.807) is 39.1 Å². The van der Waals surface area contributed by atoms with Crippen LogP contribution >= 0.6 is 11.6 Å². The fourth-order valence-corrected chi connectivity index (χ4v) is 9.20. The van der Waals surface area contributed by atoms with Crippen LogP contribution in [0.5, 0.6) is 5.75 Å². The first-order chi connectivity index (χ1) is 23.2. The van der Waals surface area contributed by atoms with Crippen molar-refractivity contribution in [1.82, 2.24) is 14.3 Å². The number of hydrogen-bond donors (Lipinski definition) is 4. The van der Waals surface area contributed by atoms with Crippen LogP contribution in [0.15, 0.2) is 48.6 Å². The number of nitrogens with zero attached hydrogens (tertiary/aromatic N) is 2. The molecule has 0 unspecified atom stereocenters. The van der Waals surface area contributed by atoms with E-state index in [1.165, 1.54) is 22.1 Å². The van der Waals surface area contributed by atoms with Gasteiger partial charge in [-0.05, 0) is 105 Å². The summed E-state index contributed by atoms with van der Waals surface area (Å²) in [7, 11) is -2.79. The Balaban J connectivity index is 1.46. The zero-order valence-electron chi connectivity index (χ0n) is 28.3. The number of aliphatic hydroxyl groups excluding tert-OH is 1. The number of benzene rings is 2. The highest BCUT2D eigenvalue weighted by atomic mass is 35.5. The molecule has 4 aliphatic rings. The zero-order valence-corrected chi connectivity index (χ0v) is 29.9. The molecular weight excluding hydrogens is 668 g/mol. The van der Waals surface area contributed by atoms with E-state index >= 15 is 0 Å². The summed E-state index contributed by atoms with van der Waals surface area (Å²) in [5.74, 6) is -1.01. The Hall–Kier alpha value is -3.16. The van der Waals surface area contributed by atoms with E-state index in [9.17, 15) is 28.2 Å². The van der Waals surface area contributed by atoms with Crippen LogP contribution < -0.4 is 19.1 Å². The quantitative estimate of drug-likeness (QED) is 0.352. The highest BCUT2D eigenvalue weighted by Crippen LogP contribution is 2.47. The van der Waals surface area contributed by atoms with E-state index in [-0.39, 0.29) is 29.4 Å². The van der Waals surface area contributed by atoms with Crippen LogP contribution in [0.2, 0.25) is 5.02 Å². The van der Waals surface area contributed by atoms with Crippen molar-refractivity contribution < 1.29 is 33.0 Å². The Morgan fingerprint density at radius 2 is 1.96 bits per heavy atom. The van der Waals surface area contributed by atoms with E-state index < -0.39 is 46.2 Å². The van der Waals surface area contributed by atoms with Crippen molar-refractivity contribution in [3.63, 3.8) is 0 Å². The lowest BCUT2D eigenvalue weighted by molar-refractivity contribution is -0.148. The number of carbonyl (C=O) groups is 2. The molecule has 2 bridgehead atoms. The van der Waals surface area contributed by atoms with Gasteiger partial charge in [0.1, 0.15) is 5.75 Å². The van der Waals surface area contributed by atoms with E-state index in [1.807, 2.05) is 22.9 Å². The molecule has 4 N–H and O–H groups in total. The average Bonchev–Trinajstić information content (AvgIpc) is 3.16. The van der Waals surface area contributed by atoms with Gasteiger partial charge >= 0.3 is 10.2 Å². The number of amides is 2. The van der Waals surface area contributed by atoms with Gasteiger partial charge in [0.15, 0.2) is 5.60 Å². The van der Waals surface area contributed by atoms with E-state index in [0.29, 0.717) is 42.6 Å². The van der Waals surface area contributed by atoms with Gasteiger partial charge in [0.25, 0.3) is 5.91 Å². The normalized spacial score (nSPS) is 29.7. The van der Waals surface area contributed by atoms with Crippen LogP contribution in [0.25, 0.3) is 0 Å². The second kappa shape index (κ2) is 13.9. The van der Waals surface area contributed by atoms with Gasteiger partial charge < -0.3 is 24.7 Å². The summed E-state index contributed by atoms with van der Waals surface area (Å²) in [5.41, 5.74) is 0.173. The lowest BCUT2D eigenvalue weighted by Crippen LogP contribution is -2.53. The maximum atomic E-state index is 13.8. The third kappa shape index (κ3) is 7.35. The number of nitrogens with one attached hydrogen (secondary N) is 2. The summed E-state index contributed by atoms with van der Waals surface area (Å²) < 4.78 is 36.5. The molecule has 1 saturated carbocycles. The fraction of sp³-hybridized carbons (Fsp3) is 0.556. The number of fused-ring (bicyclic) bond motifs is 4. The molecule has 1 fully saturated rings. The predicted octanol–water partition coefficient (Wildman–Crippen LogP) is 3.56. The largest absolute Gasteiger partial charge is 0.490 e. The van der Waals surface area contributed by atoms with Crippen molar-refractivity contribution in [1.29, 1.82) is 0 Å². The molecule has 2 aliphatic carbocycles. The summed E-state index contributed by atoms with van der Waals surface area (Å²) in [6.07, 6.45) is 7.38. The standard InChI is InChI=1S/C36H47ClN4O7S/c1-23(2)38-49(46,47)39-34(44)36(45)19-33(43)40(3)16-5-4-8-31(42)28-12-9-25(28)20-41-21-35(22-48-32-14-10-26(36)18-30(32)41)15-6-7-24-17-27(37)11-13-29(24)35/h4,8,10-11,13-14,17-18,23,25,28,31,38,42,45H,5-7,9,12,15-16,19-22H2,1-3H3,(H,39,44)/b8-4-/t25-,28+,31-,35-,36+/m0/s1. The fourth-order valence-electron chi connectivity index (χ4n) is 7.91. The smallest absolute Gasteiger partial charge is 0.301 e. The van der Waals surface area contributed by atoms with Gasteiger partial charge in [0.05, 0.1) is 24.8 Å². The predicted molar refractivity (Wildman–Crippen MR) is 188 cm³/mol. The van der Waals surface area contributed by atoms with Gasteiger partial charge in [0.2, 0.25) is 5.91 Å². The summed E-state index contributed by atoms with van der Waals surface area (Å²) >= 11 is 6.42. The molecule has 6 rings (SSSR count). The molecule has 13 heteroatoms. The molecule has 2 aromatic rings. The van der Waals surface area contributed by atoms with E-state index in [4.69, 9.17) is 16.3 Å². The molecule has 5 atom stereocenters. The molecule has 2 heterocycles. The molecule has 0 aromatic heterocycles. The molecular formula is C36H47ClN4O7S. The average molecular weight is 715 g/mol. The molecule has 2 aliphatic heterocycles. The van der Waals surface area contributed by atoms with Gasteiger partial charge in [0, 0.05) is 43.2 Å². The zero-order chi connectivity index (χ0) is 35.1. The van der Waals surface area contributed by atoms with Crippen molar-refractivity contribution in [2.24, 2.45) is 11.8 Å². The maximum Gasteiger partial charge on any atom is 0.301 e. The highest BCUT2D eigenvalue weighted by Gasteiger charge is 2.47. The van der Waals surface area contributed by atoms with Gasteiger partial charge in [-0.15, -0.1) is 0 Å². The van der Waals surface area contributed by atoms with Crippen LogP contribution in [0.1, 0.15) is 69.1 Å². The van der Waals surface area contributed by atoms with Crippen molar-refractivity contribution >= 4 is 39.3 Å². The SMILES string of the molecule is CC(C)NS(=O)(=O)NC(=O)[C@@]1(O)CC(=O)N(C)CC/C=C\[C@H](O)[C@@H]2CC[C@H]2CN2C[C@@]3(CCCc4cc(Cl)ccc43)COc3ccc1cc32. The van der Waals surface area contributed by atoms with Gasteiger partial charge in [-0.3, -0.25) is 9.59 Å². The number of anilines is 1. The number of rotatable bonds is 4. The number of aryl methyl sites for hydroxylation is 1. The monoisotopic (exact) mass is 714 g/mol. The Labute approximate surface area is 293 Å². The molecule has 266 valence electrons. The van der Waals surface area contributed by atoms with E-state index in [0.717, 1.165) is 32.1 Å². The van der Waals surface area contributed by atoms with Crippen molar-refractivity contribution in [3.8, 4) is 5.75 Å². The number of hydrogen-bond acceptors (Lipinski definition) is 8. The lowest BCUT2D eigenvalue weighted by atomic mass is 9.68. The van der Waals surface area contributed by atoms with Crippen LogP contribution in [-0.2, 0) is 37.2 Å². The van der Waals surface area contributed by atoms with Crippen molar-refractivity contribution in [3.05, 3.63) is 70.3 Å². The summed E-state index contributed by atoms with van der Waals surface area (Å²) in [4.78, 5) is 31.0. The molecule has 2 amide bonds. The summed E-state index contributed by atoms with van der Waals surface area (Å²) in [5, 5.41) is 24.1. The van der Waals surface area contributed by atoms with Crippen LogP contribution in [0, 0.1) is 11.8 Å². The van der Waals surface area contributed by atoms with Crippen LogP contribution in [0.3, 0.4) is 0 Å². The molecule has 49 heavy (non-hydrogen) atoms. The second-order valence-corrected chi connectivity index (χ2v) is 16.4. The number of halogens is 1. The molecule has 11 nitrogen and oxygen atoms in total. The number of aliphatic hydroxyl groups is 2. The Bertz CT molecular complexity index is 1740. The minimum atomic E-state index is -4.35. The lowest BCUT2D eigenvalue weighted by Gasteiger charge is -2.45. The molecule has 2 aromatic carbocycles. The first kappa shape index (κ1) is 35.7. The van der Waals surface area contributed by atoms with Gasteiger partial charge in [-0.1, -0.05) is 35.9 Å². The summed E-state index contributed by atoms with van der Waals surface area (Å²) in [6, 6.07) is 10.4. The molecule has 1 spiro atoms.